The molecule has 0 amide bonds. The molecule has 126 valence electrons. The van der Waals surface area contributed by atoms with E-state index in [9.17, 15) is 4.39 Å². The number of halogens is 1. The second kappa shape index (κ2) is 8.25. The van der Waals surface area contributed by atoms with Gasteiger partial charge in [0.1, 0.15) is 18.2 Å². The predicted molar refractivity (Wildman–Crippen MR) is 100 cm³/mol. The first-order chi connectivity index (χ1) is 12.2. The molecular formula is C22H20FNO. The number of hydrogen-bond acceptors (Lipinski definition) is 2. The van der Waals surface area contributed by atoms with Crippen LogP contribution in [0.4, 0.5) is 10.1 Å². The fourth-order valence-corrected chi connectivity index (χ4v) is 2.42. The molecule has 0 saturated carbocycles. The van der Waals surface area contributed by atoms with Gasteiger partial charge in [0.2, 0.25) is 0 Å². The van der Waals surface area contributed by atoms with E-state index in [1.54, 1.807) is 18.3 Å². The molecule has 2 nitrogen and oxygen atoms in total. The van der Waals surface area contributed by atoms with Gasteiger partial charge >= 0.3 is 0 Å². The third-order valence-corrected chi connectivity index (χ3v) is 3.92. The molecule has 0 unspecified atom stereocenters. The summed E-state index contributed by atoms with van der Waals surface area (Å²) in [6.07, 6.45) is 2.82. The summed E-state index contributed by atoms with van der Waals surface area (Å²) in [5.41, 5.74) is 4.03. The minimum Gasteiger partial charge on any atom is -0.488 e. The molecule has 0 radical (unpaired) electrons. The second-order valence-corrected chi connectivity index (χ2v) is 5.73. The topological polar surface area (TPSA) is 21.6 Å². The van der Waals surface area contributed by atoms with Crippen LogP contribution < -0.4 is 4.74 Å². The summed E-state index contributed by atoms with van der Waals surface area (Å²) in [6, 6.07) is 22.3. The van der Waals surface area contributed by atoms with Gasteiger partial charge in [-0.2, -0.15) is 0 Å². The summed E-state index contributed by atoms with van der Waals surface area (Å²) in [6.45, 7) is 2.52. The van der Waals surface area contributed by atoms with Crippen molar-refractivity contribution in [1.82, 2.24) is 0 Å². The van der Waals surface area contributed by atoms with Crippen molar-refractivity contribution in [3.05, 3.63) is 95.3 Å². The van der Waals surface area contributed by atoms with Gasteiger partial charge in [0.05, 0.1) is 5.69 Å². The summed E-state index contributed by atoms with van der Waals surface area (Å²) < 4.78 is 18.8. The third kappa shape index (κ3) is 4.77. The summed E-state index contributed by atoms with van der Waals surface area (Å²) >= 11 is 0. The van der Waals surface area contributed by atoms with Crippen molar-refractivity contribution in [2.24, 2.45) is 4.99 Å². The van der Waals surface area contributed by atoms with Crippen molar-refractivity contribution in [2.45, 2.75) is 20.0 Å². The van der Waals surface area contributed by atoms with E-state index >= 15 is 0 Å². The lowest BCUT2D eigenvalue weighted by Gasteiger charge is -2.09. The van der Waals surface area contributed by atoms with Crippen LogP contribution in [0.3, 0.4) is 0 Å². The van der Waals surface area contributed by atoms with Gasteiger partial charge < -0.3 is 4.74 Å². The van der Waals surface area contributed by atoms with Gasteiger partial charge in [-0.05, 0) is 53.9 Å². The molecule has 0 aliphatic carbocycles. The van der Waals surface area contributed by atoms with E-state index in [1.807, 2.05) is 36.4 Å². The molecular weight excluding hydrogens is 313 g/mol. The number of rotatable bonds is 6. The molecule has 0 spiro atoms. The van der Waals surface area contributed by atoms with Gasteiger partial charge in [0.15, 0.2) is 0 Å². The number of aryl methyl sites for hydroxylation is 1. The van der Waals surface area contributed by atoms with E-state index in [-0.39, 0.29) is 5.82 Å². The third-order valence-electron chi connectivity index (χ3n) is 3.92. The second-order valence-electron chi connectivity index (χ2n) is 5.73. The smallest absolute Gasteiger partial charge is 0.128 e. The molecule has 0 saturated heterocycles. The highest BCUT2D eigenvalue weighted by Gasteiger charge is 2.02. The summed E-state index contributed by atoms with van der Waals surface area (Å²) in [7, 11) is 0. The maximum absolute atomic E-state index is 13.0. The highest BCUT2D eigenvalue weighted by Crippen LogP contribution is 2.20. The highest BCUT2D eigenvalue weighted by molar-refractivity contribution is 5.85. The Kier molecular flexibility index (Phi) is 5.57. The molecule has 0 atom stereocenters. The SMILES string of the molecule is CCc1ccc(N=Cc2ccccc2OCc2ccc(F)cc2)cc1. The number of aliphatic imine (C=N–C) groups is 1. The van der Waals surface area contributed by atoms with Crippen LogP contribution in [0.5, 0.6) is 5.75 Å². The van der Waals surface area contributed by atoms with Crippen LogP contribution in [0.1, 0.15) is 23.6 Å². The molecule has 0 N–H and O–H groups in total. The van der Waals surface area contributed by atoms with Gasteiger partial charge in [-0.1, -0.05) is 43.3 Å². The zero-order valence-electron chi connectivity index (χ0n) is 14.2. The van der Waals surface area contributed by atoms with Gasteiger partial charge in [0.25, 0.3) is 0 Å². The van der Waals surface area contributed by atoms with Crippen molar-refractivity contribution < 1.29 is 9.13 Å². The average molecular weight is 333 g/mol. The van der Waals surface area contributed by atoms with E-state index in [2.05, 4.69) is 24.0 Å². The Labute approximate surface area is 147 Å². The molecule has 0 aliphatic rings. The fourth-order valence-electron chi connectivity index (χ4n) is 2.42. The normalized spacial score (nSPS) is 11.0. The first kappa shape index (κ1) is 16.9. The van der Waals surface area contributed by atoms with Gasteiger partial charge in [-0.25, -0.2) is 4.39 Å². The quantitative estimate of drug-likeness (QED) is 0.529. The molecule has 0 fully saturated rings. The first-order valence-corrected chi connectivity index (χ1v) is 8.34. The minimum atomic E-state index is -0.245. The summed E-state index contributed by atoms with van der Waals surface area (Å²) in [5, 5.41) is 0. The first-order valence-electron chi connectivity index (χ1n) is 8.34. The van der Waals surface area contributed by atoms with Crippen molar-refractivity contribution in [3.8, 4) is 5.75 Å². The maximum atomic E-state index is 13.0. The van der Waals surface area contributed by atoms with E-state index in [0.29, 0.717) is 6.61 Å². The Hall–Kier alpha value is -2.94. The van der Waals surface area contributed by atoms with Crippen molar-refractivity contribution in [3.63, 3.8) is 0 Å². The lowest BCUT2D eigenvalue weighted by atomic mass is 10.1. The Morgan fingerprint density at radius 2 is 1.56 bits per heavy atom. The molecule has 0 bridgehead atoms. The summed E-state index contributed by atoms with van der Waals surface area (Å²) in [4.78, 5) is 4.52. The van der Waals surface area contributed by atoms with Gasteiger partial charge in [0, 0.05) is 11.8 Å². The standard InChI is InChI=1S/C22H20FNO/c1-2-17-9-13-21(14-10-17)24-15-19-5-3-4-6-22(19)25-16-18-7-11-20(23)12-8-18/h3-15H,2,16H2,1H3. The van der Waals surface area contributed by atoms with Crippen molar-refractivity contribution >= 4 is 11.9 Å². The molecule has 0 heterocycles. The number of nitrogens with zero attached hydrogens (tertiary/aromatic N) is 1. The van der Waals surface area contributed by atoms with E-state index in [0.717, 1.165) is 29.0 Å². The predicted octanol–water partition coefficient (Wildman–Crippen LogP) is 5.72. The van der Waals surface area contributed by atoms with Crippen LogP contribution in [0.15, 0.2) is 77.8 Å². The van der Waals surface area contributed by atoms with Crippen LogP contribution in [-0.2, 0) is 13.0 Å². The van der Waals surface area contributed by atoms with Crippen molar-refractivity contribution in [2.75, 3.05) is 0 Å². The number of ether oxygens (including phenoxy) is 1. The molecule has 3 heteroatoms. The molecule has 3 aromatic rings. The van der Waals surface area contributed by atoms with E-state index in [4.69, 9.17) is 4.74 Å². The Morgan fingerprint density at radius 1 is 0.880 bits per heavy atom. The molecule has 25 heavy (non-hydrogen) atoms. The fraction of sp³-hybridized carbons (Fsp3) is 0.136. The highest BCUT2D eigenvalue weighted by atomic mass is 19.1. The van der Waals surface area contributed by atoms with Gasteiger partial charge in [-0.3, -0.25) is 4.99 Å². The van der Waals surface area contributed by atoms with Gasteiger partial charge in [-0.15, -0.1) is 0 Å². The number of hydrogen-bond donors (Lipinski definition) is 0. The van der Waals surface area contributed by atoms with Crippen molar-refractivity contribution in [1.29, 1.82) is 0 Å². The van der Waals surface area contributed by atoms with Crippen LogP contribution in [0.2, 0.25) is 0 Å². The molecule has 0 aromatic heterocycles. The monoisotopic (exact) mass is 333 g/mol. The Morgan fingerprint density at radius 3 is 2.28 bits per heavy atom. The van der Waals surface area contributed by atoms with Crippen LogP contribution >= 0.6 is 0 Å². The zero-order chi connectivity index (χ0) is 17.5. The number of para-hydroxylation sites is 1. The maximum Gasteiger partial charge on any atom is 0.128 e. The van der Waals surface area contributed by atoms with Crippen LogP contribution in [0, 0.1) is 5.82 Å². The Balaban J connectivity index is 1.71. The molecule has 3 aromatic carbocycles. The Bertz CT molecular complexity index is 839. The lowest BCUT2D eigenvalue weighted by molar-refractivity contribution is 0.305. The average Bonchev–Trinajstić information content (AvgIpc) is 2.67. The van der Waals surface area contributed by atoms with E-state index in [1.165, 1.54) is 17.7 Å². The molecule has 0 aliphatic heterocycles. The van der Waals surface area contributed by atoms with E-state index < -0.39 is 0 Å². The zero-order valence-corrected chi connectivity index (χ0v) is 14.2. The summed E-state index contributed by atoms with van der Waals surface area (Å²) in [5.74, 6) is 0.506. The molecule has 3 rings (SSSR count). The van der Waals surface area contributed by atoms with Crippen LogP contribution in [0.25, 0.3) is 0 Å². The minimum absolute atomic E-state index is 0.245. The van der Waals surface area contributed by atoms with Crippen LogP contribution in [-0.4, -0.2) is 6.21 Å². The lowest BCUT2D eigenvalue weighted by Crippen LogP contribution is -1.98. The largest absolute Gasteiger partial charge is 0.488 e. The number of benzene rings is 3.